The molecule has 0 aliphatic heterocycles. The Labute approximate surface area is 100 Å². The number of rotatable bonds is 6. The number of benzene rings is 1. The molecule has 0 aliphatic rings. The van der Waals surface area contributed by atoms with Crippen molar-refractivity contribution in [3.63, 3.8) is 0 Å². The highest BCUT2D eigenvalue weighted by atomic mass is 19.1. The van der Waals surface area contributed by atoms with E-state index in [9.17, 15) is 13.6 Å². The van der Waals surface area contributed by atoms with Gasteiger partial charge < -0.3 is 5.32 Å². The molecular formula is C13H17F2NO. The van der Waals surface area contributed by atoms with Crippen LogP contribution in [0.1, 0.15) is 31.7 Å². The molecule has 0 bridgehead atoms. The van der Waals surface area contributed by atoms with E-state index in [0.717, 1.165) is 31.4 Å². The summed E-state index contributed by atoms with van der Waals surface area (Å²) < 4.78 is 25.9. The van der Waals surface area contributed by atoms with Gasteiger partial charge in [-0.3, -0.25) is 4.79 Å². The summed E-state index contributed by atoms with van der Waals surface area (Å²) >= 11 is 0. The molecule has 0 fully saturated rings. The Morgan fingerprint density at radius 2 is 2.06 bits per heavy atom. The lowest BCUT2D eigenvalue weighted by Crippen LogP contribution is -2.26. The molecule has 0 heterocycles. The first-order valence-electron chi connectivity index (χ1n) is 5.84. The quantitative estimate of drug-likeness (QED) is 0.762. The number of amides is 1. The van der Waals surface area contributed by atoms with E-state index in [1.165, 1.54) is 6.07 Å². The van der Waals surface area contributed by atoms with E-state index in [0.29, 0.717) is 6.54 Å². The zero-order valence-corrected chi connectivity index (χ0v) is 9.93. The third-order valence-electron chi connectivity index (χ3n) is 2.47. The Hall–Kier alpha value is -1.45. The zero-order valence-electron chi connectivity index (χ0n) is 9.93. The maximum absolute atomic E-state index is 13.2. The van der Waals surface area contributed by atoms with Gasteiger partial charge in [-0.15, -0.1) is 0 Å². The minimum Gasteiger partial charge on any atom is -0.356 e. The van der Waals surface area contributed by atoms with Crippen LogP contribution in [0.5, 0.6) is 0 Å². The molecule has 0 saturated carbocycles. The maximum atomic E-state index is 13.2. The van der Waals surface area contributed by atoms with Crippen LogP contribution < -0.4 is 5.32 Å². The highest BCUT2D eigenvalue weighted by Crippen LogP contribution is 2.09. The molecule has 1 aromatic rings. The van der Waals surface area contributed by atoms with Crippen molar-refractivity contribution in [2.45, 2.75) is 32.6 Å². The van der Waals surface area contributed by atoms with Gasteiger partial charge in [-0.05, 0) is 18.1 Å². The molecule has 1 aromatic carbocycles. The lowest BCUT2D eigenvalue weighted by molar-refractivity contribution is -0.120. The fourth-order valence-corrected chi connectivity index (χ4v) is 1.50. The summed E-state index contributed by atoms with van der Waals surface area (Å²) in [5.74, 6) is -1.53. The average molecular weight is 241 g/mol. The first kappa shape index (κ1) is 13.6. The molecule has 0 unspecified atom stereocenters. The summed E-state index contributed by atoms with van der Waals surface area (Å²) in [7, 11) is 0. The van der Waals surface area contributed by atoms with Crippen molar-refractivity contribution < 1.29 is 13.6 Å². The molecule has 4 heteroatoms. The molecule has 0 saturated heterocycles. The SMILES string of the molecule is CCCCCNC(=O)Cc1ccc(F)cc1F. The fraction of sp³-hybridized carbons (Fsp3) is 0.462. The molecule has 0 aromatic heterocycles. The Morgan fingerprint density at radius 3 is 2.71 bits per heavy atom. The largest absolute Gasteiger partial charge is 0.356 e. The van der Waals surface area contributed by atoms with Crippen LogP contribution in [0.25, 0.3) is 0 Å². The Balaban J connectivity index is 2.40. The number of carbonyl (C=O) groups excluding carboxylic acids is 1. The van der Waals surface area contributed by atoms with Crippen LogP contribution in [0.15, 0.2) is 18.2 Å². The molecule has 94 valence electrons. The molecule has 0 atom stereocenters. The Morgan fingerprint density at radius 1 is 1.29 bits per heavy atom. The van der Waals surface area contributed by atoms with E-state index in [-0.39, 0.29) is 17.9 Å². The minimum atomic E-state index is -0.672. The van der Waals surface area contributed by atoms with Gasteiger partial charge >= 0.3 is 0 Å². The normalized spacial score (nSPS) is 10.3. The molecule has 0 spiro atoms. The van der Waals surface area contributed by atoms with E-state index in [1.54, 1.807) is 0 Å². The van der Waals surface area contributed by atoms with E-state index in [2.05, 4.69) is 12.2 Å². The topological polar surface area (TPSA) is 29.1 Å². The second-order valence-corrected chi connectivity index (χ2v) is 3.97. The third-order valence-corrected chi connectivity index (χ3v) is 2.47. The summed E-state index contributed by atoms with van der Waals surface area (Å²) in [6, 6.07) is 3.25. The van der Waals surface area contributed by atoms with Gasteiger partial charge in [-0.1, -0.05) is 25.8 Å². The Kier molecular flexibility index (Phi) is 5.60. The van der Waals surface area contributed by atoms with Crippen molar-refractivity contribution in [2.24, 2.45) is 0 Å². The van der Waals surface area contributed by atoms with Gasteiger partial charge in [0.1, 0.15) is 11.6 Å². The summed E-state index contributed by atoms with van der Waals surface area (Å²) in [5, 5.41) is 2.71. The molecule has 0 radical (unpaired) electrons. The van der Waals surface area contributed by atoms with E-state index in [1.807, 2.05) is 0 Å². The number of carbonyl (C=O) groups is 1. The van der Waals surface area contributed by atoms with Gasteiger partial charge in [0.15, 0.2) is 0 Å². The fourth-order valence-electron chi connectivity index (χ4n) is 1.50. The zero-order chi connectivity index (χ0) is 12.7. The first-order chi connectivity index (χ1) is 8.13. The second kappa shape index (κ2) is 6.99. The van der Waals surface area contributed by atoms with Gasteiger partial charge in [0.25, 0.3) is 0 Å². The number of halogens is 2. The van der Waals surface area contributed by atoms with Crippen LogP contribution in [0.3, 0.4) is 0 Å². The standard InChI is InChI=1S/C13H17F2NO/c1-2-3-4-7-16-13(17)8-10-5-6-11(14)9-12(10)15/h5-6,9H,2-4,7-8H2,1H3,(H,16,17). The van der Waals surface area contributed by atoms with Gasteiger partial charge in [-0.2, -0.15) is 0 Å². The minimum absolute atomic E-state index is 0.0434. The summed E-state index contributed by atoms with van der Waals surface area (Å²) in [4.78, 5) is 11.4. The number of unbranched alkanes of at least 4 members (excludes halogenated alkanes) is 2. The summed E-state index contributed by atoms with van der Waals surface area (Å²) in [5.41, 5.74) is 0.222. The van der Waals surface area contributed by atoms with Crippen LogP contribution in [-0.4, -0.2) is 12.5 Å². The predicted molar refractivity (Wildman–Crippen MR) is 62.6 cm³/mol. The molecule has 0 aliphatic carbocycles. The van der Waals surface area contributed by atoms with Gasteiger partial charge in [0.05, 0.1) is 6.42 Å². The maximum Gasteiger partial charge on any atom is 0.224 e. The van der Waals surface area contributed by atoms with Crippen molar-refractivity contribution in [3.05, 3.63) is 35.4 Å². The monoisotopic (exact) mass is 241 g/mol. The number of hydrogen-bond acceptors (Lipinski definition) is 1. The number of hydrogen-bond donors (Lipinski definition) is 1. The predicted octanol–water partition coefficient (Wildman–Crippen LogP) is 2.81. The lowest BCUT2D eigenvalue weighted by Gasteiger charge is -2.05. The van der Waals surface area contributed by atoms with Crippen molar-refractivity contribution in [3.8, 4) is 0 Å². The molecule has 1 rings (SSSR count). The molecule has 2 nitrogen and oxygen atoms in total. The summed E-state index contributed by atoms with van der Waals surface area (Å²) in [6.07, 6.45) is 3.03. The molecule has 17 heavy (non-hydrogen) atoms. The van der Waals surface area contributed by atoms with Crippen LogP contribution in [0.4, 0.5) is 8.78 Å². The van der Waals surface area contributed by atoms with Crippen molar-refractivity contribution in [2.75, 3.05) is 6.54 Å². The first-order valence-corrected chi connectivity index (χ1v) is 5.84. The number of nitrogens with one attached hydrogen (secondary N) is 1. The molecule has 1 amide bonds. The van der Waals surface area contributed by atoms with Gasteiger partial charge in [-0.25, -0.2) is 8.78 Å². The summed E-state index contributed by atoms with van der Waals surface area (Å²) in [6.45, 7) is 2.69. The van der Waals surface area contributed by atoms with Crippen molar-refractivity contribution >= 4 is 5.91 Å². The second-order valence-electron chi connectivity index (χ2n) is 3.97. The van der Waals surface area contributed by atoms with Crippen LogP contribution in [-0.2, 0) is 11.2 Å². The highest BCUT2D eigenvalue weighted by molar-refractivity contribution is 5.78. The van der Waals surface area contributed by atoms with Gasteiger partial charge in [0.2, 0.25) is 5.91 Å². The highest BCUT2D eigenvalue weighted by Gasteiger charge is 2.08. The smallest absolute Gasteiger partial charge is 0.224 e. The van der Waals surface area contributed by atoms with E-state index in [4.69, 9.17) is 0 Å². The van der Waals surface area contributed by atoms with Gasteiger partial charge in [0, 0.05) is 12.6 Å². The average Bonchev–Trinajstić information content (AvgIpc) is 2.28. The van der Waals surface area contributed by atoms with E-state index < -0.39 is 11.6 Å². The Bertz CT molecular complexity index is 380. The lowest BCUT2D eigenvalue weighted by atomic mass is 10.1. The van der Waals surface area contributed by atoms with Crippen molar-refractivity contribution in [1.29, 1.82) is 0 Å². The molecule has 1 N–H and O–H groups in total. The van der Waals surface area contributed by atoms with E-state index >= 15 is 0 Å². The van der Waals surface area contributed by atoms with Crippen LogP contribution in [0, 0.1) is 11.6 Å². The van der Waals surface area contributed by atoms with Crippen LogP contribution >= 0.6 is 0 Å². The van der Waals surface area contributed by atoms with Crippen molar-refractivity contribution in [1.82, 2.24) is 5.32 Å². The molecular weight excluding hydrogens is 224 g/mol. The van der Waals surface area contributed by atoms with Crippen LogP contribution in [0.2, 0.25) is 0 Å². The third kappa shape index (κ3) is 4.93.